The molecule has 0 radical (unpaired) electrons. The number of halogens is 3. The molecule has 2 aromatic rings. The van der Waals surface area contributed by atoms with E-state index in [2.05, 4.69) is 20.4 Å². The van der Waals surface area contributed by atoms with E-state index in [-0.39, 0.29) is 25.5 Å². The van der Waals surface area contributed by atoms with Crippen molar-refractivity contribution in [3.05, 3.63) is 40.1 Å². The number of carbonyl (C=O) groups is 1. The van der Waals surface area contributed by atoms with Crippen LogP contribution in [0.15, 0.2) is 23.4 Å². The number of hydrogen-bond acceptors (Lipinski definition) is 9. The highest BCUT2D eigenvalue weighted by molar-refractivity contribution is 5.76. The maximum absolute atomic E-state index is 13.1. The van der Waals surface area contributed by atoms with Crippen molar-refractivity contribution in [1.82, 2.24) is 25.1 Å². The molecule has 14 heteroatoms. The van der Waals surface area contributed by atoms with Crippen molar-refractivity contribution in [2.45, 2.75) is 44.0 Å². The number of piperazine rings is 1. The molecule has 196 valence electrons. The maximum atomic E-state index is 13.1. The predicted octanol–water partition coefficient (Wildman–Crippen LogP) is 1.12. The van der Waals surface area contributed by atoms with Crippen molar-refractivity contribution in [2.24, 2.45) is 0 Å². The van der Waals surface area contributed by atoms with Gasteiger partial charge < -0.3 is 25.0 Å². The van der Waals surface area contributed by atoms with E-state index in [0.29, 0.717) is 32.1 Å². The van der Waals surface area contributed by atoms with Gasteiger partial charge in [-0.15, -0.1) is 0 Å². The SMILES string of the molecule is C[C@@H](COCCC(=O)N1CCN(c2ncc(C3(O)CC3)cn2)CC1)Nc1cn[nH]c(=O)c1C(F)(F)F. The number of rotatable bonds is 9. The van der Waals surface area contributed by atoms with E-state index < -0.39 is 34.6 Å². The molecule has 0 bridgehead atoms. The highest BCUT2D eigenvalue weighted by atomic mass is 19.4. The number of nitrogens with one attached hydrogen (secondary N) is 2. The van der Waals surface area contributed by atoms with Gasteiger partial charge in [0.1, 0.15) is 5.56 Å². The van der Waals surface area contributed by atoms with E-state index in [1.54, 1.807) is 29.3 Å². The first-order valence-corrected chi connectivity index (χ1v) is 11.6. The third-order valence-corrected chi connectivity index (χ3v) is 6.18. The van der Waals surface area contributed by atoms with Crippen LogP contribution >= 0.6 is 0 Å². The third kappa shape index (κ3) is 6.10. The van der Waals surface area contributed by atoms with Crippen molar-refractivity contribution >= 4 is 17.5 Å². The van der Waals surface area contributed by atoms with Crippen molar-refractivity contribution in [3.63, 3.8) is 0 Å². The number of hydrogen-bond donors (Lipinski definition) is 3. The van der Waals surface area contributed by atoms with E-state index >= 15 is 0 Å². The molecule has 4 rings (SSSR count). The minimum atomic E-state index is -4.83. The number of H-pyrrole nitrogens is 1. The lowest BCUT2D eigenvalue weighted by molar-refractivity contribution is -0.138. The van der Waals surface area contributed by atoms with Crippen LogP contribution in [0.2, 0.25) is 0 Å². The van der Waals surface area contributed by atoms with E-state index in [1.807, 2.05) is 4.90 Å². The smallest absolute Gasteiger partial charge is 0.385 e. The Balaban J connectivity index is 1.17. The molecule has 1 amide bonds. The second-order valence-corrected chi connectivity index (χ2v) is 9.03. The summed E-state index contributed by atoms with van der Waals surface area (Å²) in [5.74, 6) is 0.477. The summed E-state index contributed by atoms with van der Waals surface area (Å²) in [5, 5.41) is 17.9. The van der Waals surface area contributed by atoms with Crippen LogP contribution in [0, 0.1) is 0 Å². The van der Waals surface area contributed by atoms with Gasteiger partial charge in [0.15, 0.2) is 0 Å². The normalized spacial score (nSPS) is 18.1. The van der Waals surface area contributed by atoms with Crippen molar-refractivity contribution < 1.29 is 27.8 Å². The Hall–Kier alpha value is -3.26. The standard InChI is InChI=1S/C22H28F3N7O4/c1-14(29-16-12-28-30-19(34)18(16)22(23,24)25)13-36-9-2-17(33)31-5-7-32(8-6-31)20-26-10-15(11-27-20)21(35)3-4-21/h10-12,14,35H,2-9,13H2,1H3,(H2,29,30,34)/t14-/m0/s1. The van der Waals surface area contributed by atoms with Gasteiger partial charge >= 0.3 is 6.18 Å². The minimum Gasteiger partial charge on any atom is -0.385 e. The van der Waals surface area contributed by atoms with Crippen LogP contribution in [0.25, 0.3) is 0 Å². The molecule has 1 saturated heterocycles. The fourth-order valence-corrected chi connectivity index (χ4v) is 3.96. The van der Waals surface area contributed by atoms with Gasteiger partial charge in [-0.1, -0.05) is 0 Å². The molecule has 2 fully saturated rings. The molecule has 11 nitrogen and oxygen atoms in total. The van der Waals surface area contributed by atoms with Gasteiger partial charge in [0, 0.05) is 50.2 Å². The van der Waals surface area contributed by atoms with Crippen LogP contribution in [-0.2, 0) is 21.3 Å². The van der Waals surface area contributed by atoms with Crippen molar-refractivity contribution in [3.8, 4) is 0 Å². The van der Waals surface area contributed by atoms with Crippen LogP contribution in [0.1, 0.15) is 37.3 Å². The molecule has 3 N–H and O–H groups in total. The number of amides is 1. The summed E-state index contributed by atoms with van der Waals surface area (Å²) in [4.78, 5) is 36.4. The second kappa shape index (κ2) is 10.4. The fourth-order valence-electron chi connectivity index (χ4n) is 3.96. The summed E-state index contributed by atoms with van der Waals surface area (Å²) < 4.78 is 44.9. The average molecular weight is 512 g/mol. The van der Waals surface area contributed by atoms with Crippen LogP contribution in [-0.4, -0.2) is 81.5 Å². The Morgan fingerprint density at radius 1 is 1.22 bits per heavy atom. The van der Waals surface area contributed by atoms with Crippen LogP contribution in [0.3, 0.4) is 0 Å². The largest absolute Gasteiger partial charge is 0.423 e. The Morgan fingerprint density at radius 2 is 1.89 bits per heavy atom. The number of ether oxygens (including phenoxy) is 1. The highest BCUT2D eigenvalue weighted by Crippen LogP contribution is 2.44. The summed E-state index contributed by atoms with van der Waals surface area (Å²) in [6.07, 6.45) is 0.952. The van der Waals surface area contributed by atoms with Gasteiger partial charge in [0.05, 0.1) is 37.1 Å². The molecule has 1 saturated carbocycles. The lowest BCUT2D eigenvalue weighted by Gasteiger charge is -2.34. The van der Waals surface area contributed by atoms with Crippen LogP contribution in [0.4, 0.5) is 24.8 Å². The predicted molar refractivity (Wildman–Crippen MR) is 122 cm³/mol. The second-order valence-electron chi connectivity index (χ2n) is 9.03. The van der Waals surface area contributed by atoms with Gasteiger partial charge in [-0.2, -0.15) is 18.3 Å². The number of aromatic amines is 1. The summed E-state index contributed by atoms with van der Waals surface area (Å²) >= 11 is 0. The van der Waals surface area contributed by atoms with Crippen molar-refractivity contribution in [1.29, 1.82) is 0 Å². The van der Waals surface area contributed by atoms with Gasteiger partial charge in [0.25, 0.3) is 5.56 Å². The molecule has 3 heterocycles. The monoisotopic (exact) mass is 511 g/mol. The summed E-state index contributed by atoms with van der Waals surface area (Å²) in [6, 6.07) is -0.555. The molecule has 1 aliphatic carbocycles. The summed E-state index contributed by atoms with van der Waals surface area (Å²) in [5.41, 5.74) is -3.16. The van der Waals surface area contributed by atoms with Crippen molar-refractivity contribution in [2.75, 3.05) is 49.6 Å². The number of nitrogens with zero attached hydrogens (tertiary/aromatic N) is 5. The Bertz CT molecular complexity index is 1110. The first-order chi connectivity index (χ1) is 17.1. The average Bonchev–Trinajstić information content (AvgIpc) is 3.59. The minimum absolute atomic E-state index is 0.0353. The number of carbonyl (C=O) groups excluding carboxylic acids is 1. The Morgan fingerprint density at radius 3 is 2.50 bits per heavy atom. The highest BCUT2D eigenvalue weighted by Gasteiger charge is 2.43. The summed E-state index contributed by atoms with van der Waals surface area (Å²) in [6.45, 7) is 3.89. The fraction of sp³-hybridized carbons (Fsp3) is 0.591. The zero-order valence-electron chi connectivity index (χ0n) is 19.7. The molecule has 2 aliphatic rings. The maximum Gasteiger partial charge on any atom is 0.423 e. The van der Waals surface area contributed by atoms with E-state index in [9.17, 15) is 27.9 Å². The number of aromatic nitrogens is 4. The first-order valence-electron chi connectivity index (χ1n) is 11.6. The molecule has 0 unspecified atom stereocenters. The molecule has 36 heavy (non-hydrogen) atoms. The Kier molecular flexibility index (Phi) is 7.45. The lowest BCUT2D eigenvalue weighted by Crippen LogP contribution is -2.49. The van der Waals surface area contributed by atoms with Gasteiger partial charge in [-0.3, -0.25) is 9.59 Å². The number of aliphatic hydroxyl groups is 1. The lowest BCUT2D eigenvalue weighted by atomic mass is 10.2. The van der Waals surface area contributed by atoms with E-state index in [1.165, 1.54) is 0 Å². The summed E-state index contributed by atoms with van der Waals surface area (Å²) in [7, 11) is 0. The molecule has 1 aliphatic heterocycles. The van der Waals surface area contributed by atoms with E-state index in [4.69, 9.17) is 4.74 Å². The first kappa shape index (κ1) is 25.8. The zero-order chi connectivity index (χ0) is 25.9. The van der Waals surface area contributed by atoms with Crippen LogP contribution in [0.5, 0.6) is 0 Å². The molecular formula is C22H28F3N7O4. The van der Waals surface area contributed by atoms with Crippen LogP contribution < -0.4 is 15.8 Å². The van der Waals surface area contributed by atoms with Gasteiger partial charge in [0.2, 0.25) is 11.9 Å². The Labute approximate surface area is 204 Å². The molecule has 0 aromatic carbocycles. The molecule has 2 aromatic heterocycles. The number of anilines is 2. The van der Waals surface area contributed by atoms with E-state index in [0.717, 1.165) is 24.6 Å². The number of alkyl halides is 3. The van der Waals surface area contributed by atoms with Gasteiger partial charge in [-0.05, 0) is 19.8 Å². The molecule has 0 spiro atoms. The quantitative estimate of drug-likeness (QED) is 0.423. The third-order valence-electron chi connectivity index (χ3n) is 6.18. The molecule has 1 atom stereocenters. The topological polar surface area (TPSA) is 137 Å². The molecular weight excluding hydrogens is 483 g/mol. The van der Waals surface area contributed by atoms with Gasteiger partial charge in [-0.25, -0.2) is 15.1 Å². The zero-order valence-corrected chi connectivity index (χ0v) is 19.7.